The maximum Gasteiger partial charge on any atom is 0.134 e. The highest BCUT2D eigenvalue weighted by Crippen LogP contribution is 2.37. The van der Waals surface area contributed by atoms with Crippen molar-refractivity contribution in [1.29, 1.82) is 0 Å². The van der Waals surface area contributed by atoms with E-state index in [1.165, 1.54) is 37.7 Å². The van der Waals surface area contributed by atoms with Gasteiger partial charge >= 0.3 is 0 Å². The monoisotopic (exact) mass is 450 g/mol. The minimum Gasteiger partial charge on any atom is -0.206 e. The first-order chi connectivity index (χ1) is 16.7. The summed E-state index contributed by atoms with van der Waals surface area (Å²) in [7, 11) is 0. The number of rotatable bonds is 7. The molecule has 1 saturated carbocycles. The quantitative estimate of drug-likeness (QED) is 0.249. The summed E-state index contributed by atoms with van der Waals surface area (Å²) in [5, 5.41) is 1.57. The number of aryl methyl sites for hydroxylation is 1. The molecule has 3 aromatic rings. The lowest BCUT2D eigenvalue weighted by atomic mass is 9.77. The fourth-order valence-electron chi connectivity index (χ4n) is 5.13. The summed E-state index contributed by atoms with van der Waals surface area (Å²) in [5.74, 6) is 8.00. The van der Waals surface area contributed by atoms with Crippen LogP contribution in [-0.2, 0) is 6.42 Å². The average molecular weight is 451 g/mol. The summed E-state index contributed by atoms with van der Waals surface area (Å²) in [4.78, 5) is 0. The van der Waals surface area contributed by atoms with E-state index in [0.29, 0.717) is 11.3 Å². The molecule has 1 aliphatic carbocycles. The van der Waals surface area contributed by atoms with E-state index in [1.54, 1.807) is 0 Å². The molecule has 0 N–H and O–H groups in total. The van der Waals surface area contributed by atoms with E-state index in [9.17, 15) is 4.39 Å². The molecule has 1 aliphatic rings. The van der Waals surface area contributed by atoms with Crippen LogP contribution in [0.5, 0.6) is 0 Å². The van der Waals surface area contributed by atoms with Gasteiger partial charge < -0.3 is 0 Å². The Bertz CT molecular complexity index is 1200. The van der Waals surface area contributed by atoms with Crippen molar-refractivity contribution in [2.24, 2.45) is 5.92 Å². The molecule has 174 valence electrons. The minimum atomic E-state index is -0.105. The van der Waals surface area contributed by atoms with Crippen molar-refractivity contribution in [3.05, 3.63) is 107 Å². The molecule has 0 radical (unpaired) electrons. The predicted molar refractivity (Wildman–Crippen MR) is 144 cm³/mol. The summed E-state index contributed by atoms with van der Waals surface area (Å²) in [6.45, 7) is 5.84. The lowest BCUT2D eigenvalue weighted by Gasteiger charge is -2.28. The molecule has 0 heterocycles. The Balaban J connectivity index is 1.41. The second kappa shape index (κ2) is 11.8. The zero-order chi connectivity index (χ0) is 23.8. The summed E-state index contributed by atoms with van der Waals surface area (Å²) >= 11 is 0. The van der Waals surface area contributed by atoms with Crippen LogP contribution < -0.4 is 0 Å². The van der Waals surface area contributed by atoms with Gasteiger partial charge in [-0.25, -0.2) is 4.39 Å². The van der Waals surface area contributed by atoms with Gasteiger partial charge in [0.15, 0.2) is 0 Å². The molecule has 0 saturated heterocycles. The highest BCUT2D eigenvalue weighted by Gasteiger charge is 2.21. The maximum absolute atomic E-state index is 14.9. The van der Waals surface area contributed by atoms with Crippen molar-refractivity contribution in [2.75, 3.05) is 0 Å². The maximum atomic E-state index is 14.9. The number of benzene rings is 3. The average Bonchev–Trinajstić information content (AvgIpc) is 2.88. The molecule has 1 heteroatoms. The van der Waals surface area contributed by atoms with Crippen LogP contribution in [0.3, 0.4) is 0 Å². The summed E-state index contributed by atoms with van der Waals surface area (Å²) < 4.78 is 14.9. The van der Waals surface area contributed by atoms with Crippen LogP contribution >= 0.6 is 0 Å². The van der Waals surface area contributed by atoms with E-state index in [4.69, 9.17) is 0 Å². The summed E-state index contributed by atoms with van der Waals surface area (Å²) in [6, 6.07) is 18.5. The van der Waals surface area contributed by atoms with E-state index >= 15 is 0 Å². The van der Waals surface area contributed by atoms with Gasteiger partial charge in [0.1, 0.15) is 5.82 Å². The van der Waals surface area contributed by atoms with Gasteiger partial charge in [-0.1, -0.05) is 60.4 Å². The van der Waals surface area contributed by atoms with Crippen molar-refractivity contribution in [2.45, 2.75) is 64.2 Å². The zero-order valence-electron chi connectivity index (χ0n) is 20.3. The van der Waals surface area contributed by atoms with Gasteiger partial charge in [-0.2, -0.15) is 0 Å². The molecule has 1 fully saturated rings. The molecule has 0 atom stereocenters. The van der Waals surface area contributed by atoms with Gasteiger partial charge in [-0.15, -0.1) is 6.58 Å². The molecule has 4 rings (SSSR count). The van der Waals surface area contributed by atoms with Crippen molar-refractivity contribution in [3.8, 4) is 11.8 Å². The van der Waals surface area contributed by atoms with E-state index in [1.807, 2.05) is 49.4 Å². The molecule has 0 amide bonds. The fraction of sp³-hybridized carbons (Fsp3) is 0.333. The minimum absolute atomic E-state index is 0.105. The Labute approximate surface area is 204 Å². The van der Waals surface area contributed by atoms with Crippen LogP contribution in [0.4, 0.5) is 4.39 Å². The molecule has 0 aromatic heterocycles. The first-order valence-corrected chi connectivity index (χ1v) is 12.7. The van der Waals surface area contributed by atoms with Gasteiger partial charge in [-0.05, 0) is 111 Å². The third kappa shape index (κ3) is 6.06. The predicted octanol–water partition coefficient (Wildman–Crippen LogP) is 9.13. The van der Waals surface area contributed by atoms with Gasteiger partial charge in [0, 0.05) is 16.5 Å². The van der Waals surface area contributed by atoms with Crippen LogP contribution in [0, 0.1) is 23.6 Å². The third-order valence-corrected chi connectivity index (χ3v) is 7.21. The van der Waals surface area contributed by atoms with Crippen LogP contribution in [0.15, 0.2) is 79.4 Å². The van der Waals surface area contributed by atoms with Crippen molar-refractivity contribution < 1.29 is 4.39 Å². The number of hydrogen-bond donors (Lipinski definition) is 0. The van der Waals surface area contributed by atoms with Crippen LogP contribution in [0.25, 0.3) is 10.8 Å². The van der Waals surface area contributed by atoms with Crippen molar-refractivity contribution in [1.82, 2.24) is 0 Å². The number of fused-ring (bicyclic) bond motifs is 1. The van der Waals surface area contributed by atoms with E-state index in [-0.39, 0.29) is 5.82 Å². The molecule has 34 heavy (non-hydrogen) atoms. The van der Waals surface area contributed by atoms with Crippen LogP contribution in [0.1, 0.15) is 80.0 Å². The lowest BCUT2D eigenvalue weighted by Crippen LogP contribution is -2.13. The van der Waals surface area contributed by atoms with Crippen molar-refractivity contribution in [3.63, 3.8) is 0 Å². The van der Waals surface area contributed by atoms with Crippen LogP contribution in [0.2, 0.25) is 0 Å². The zero-order valence-corrected chi connectivity index (χ0v) is 20.3. The highest BCUT2D eigenvalue weighted by molar-refractivity contribution is 5.85. The Morgan fingerprint density at radius 1 is 0.912 bits per heavy atom. The van der Waals surface area contributed by atoms with E-state index in [2.05, 4.69) is 48.8 Å². The largest absolute Gasteiger partial charge is 0.206 e. The first kappa shape index (κ1) is 24.0. The molecule has 0 spiro atoms. The Kier molecular flexibility index (Phi) is 8.37. The molecular formula is C33H35F. The Morgan fingerprint density at radius 2 is 1.65 bits per heavy atom. The number of hydrogen-bond acceptors (Lipinski definition) is 0. The Morgan fingerprint density at radius 3 is 2.38 bits per heavy atom. The SMILES string of the molecule is C=CCCC1CCC(c2ccc(C#Cc3ccc4c(F)c(CC/C=C/C)ccc4c3)cc2)CC1. The second-order valence-corrected chi connectivity index (χ2v) is 9.54. The molecule has 0 bridgehead atoms. The smallest absolute Gasteiger partial charge is 0.134 e. The topological polar surface area (TPSA) is 0 Å². The summed E-state index contributed by atoms with van der Waals surface area (Å²) in [5.41, 5.74) is 4.15. The highest BCUT2D eigenvalue weighted by atomic mass is 19.1. The second-order valence-electron chi connectivity index (χ2n) is 9.54. The molecule has 3 aromatic carbocycles. The normalized spacial score (nSPS) is 18.1. The Hall–Kier alpha value is -3.11. The summed E-state index contributed by atoms with van der Waals surface area (Å²) in [6.07, 6.45) is 15.4. The van der Waals surface area contributed by atoms with Gasteiger partial charge in [0.2, 0.25) is 0 Å². The molecular weight excluding hydrogens is 415 g/mol. The molecule has 0 nitrogen and oxygen atoms in total. The first-order valence-electron chi connectivity index (χ1n) is 12.7. The van der Waals surface area contributed by atoms with E-state index in [0.717, 1.165) is 47.3 Å². The number of halogens is 1. The van der Waals surface area contributed by atoms with Gasteiger partial charge in [0.25, 0.3) is 0 Å². The van der Waals surface area contributed by atoms with Gasteiger partial charge in [0.05, 0.1) is 0 Å². The van der Waals surface area contributed by atoms with Crippen molar-refractivity contribution >= 4 is 10.8 Å². The lowest BCUT2D eigenvalue weighted by molar-refractivity contribution is 0.312. The fourth-order valence-corrected chi connectivity index (χ4v) is 5.13. The standard InChI is InChI=1S/C33H35F/c1-3-5-7-9-30-21-22-31-24-27(16-23-32(31)33(30)34)11-10-26-14-19-29(20-15-26)28-17-12-25(13-18-28)8-6-4-2/h3-5,14-16,19-25,28H,2,6-9,12-13,17-18H2,1H3/b5-3+. The third-order valence-electron chi connectivity index (χ3n) is 7.21. The number of allylic oxidation sites excluding steroid dienone is 3. The molecule has 0 aliphatic heterocycles. The van der Waals surface area contributed by atoms with Gasteiger partial charge in [-0.3, -0.25) is 0 Å². The van der Waals surface area contributed by atoms with E-state index < -0.39 is 0 Å². The molecule has 0 unspecified atom stereocenters. The van der Waals surface area contributed by atoms with Crippen LogP contribution in [-0.4, -0.2) is 0 Å².